The van der Waals surface area contributed by atoms with E-state index in [1.807, 2.05) is 16.6 Å². The summed E-state index contributed by atoms with van der Waals surface area (Å²) in [6.45, 7) is 7.08. The molecule has 1 fully saturated rings. The highest BCUT2D eigenvalue weighted by molar-refractivity contribution is 5.60. The monoisotopic (exact) mass is 384 g/mol. The average molecular weight is 384 g/mol. The smallest absolute Gasteiger partial charge is 0.185 e. The van der Waals surface area contributed by atoms with Crippen LogP contribution in [0.5, 0.6) is 0 Å². The van der Waals surface area contributed by atoms with Crippen molar-refractivity contribution in [3.8, 4) is 11.4 Å². The van der Waals surface area contributed by atoms with E-state index in [4.69, 9.17) is 5.10 Å². The number of fused-ring (bicyclic) bond motifs is 1. The largest absolute Gasteiger partial charge is 0.353 e. The number of nitrogens with zero attached hydrogens (tertiary/aromatic N) is 6. The second kappa shape index (κ2) is 7.64. The summed E-state index contributed by atoms with van der Waals surface area (Å²) < 4.78 is 1.86. The number of hydrogen-bond donors (Lipinski definition) is 0. The normalized spacial score (nSPS) is 15.1. The van der Waals surface area contributed by atoms with Crippen molar-refractivity contribution in [2.75, 3.05) is 31.1 Å². The van der Waals surface area contributed by atoms with Crippen molar-refractivity contribution < 1.29 is 0 Å². The summed E-state index contributed by atoms with van der Waals surface area (Å²) >= 11 is 0. The third kappa shape index (κ3) is 3.71. The van der Waals surface area contributed by atoms with Crippen LogP contribution < -0.4 is 4.90 Å². The van der Waals surface area contributed by atoms with Gasteiger partial charge in [0.2, 0.25) is 0 Å². The Hall–Kier alpha value is -3.25. The van der Waals surface area contributed by atoms with E-state index in [1.165, 1.54) is 11.1 Å². The molecule has 0 aliphatic carbocycles. The van der Waals surface area contributed by atoms with Crippen LogP contribution in [0.25, 0.3) is 17.0 Å². The molecule has 1 aliphatic rings. The van der Waals surface area contributed by atoms with Crippen molar-refractivity contribution in [2.45, 2.75) is 13.5 Å². The third-order valence-corrected chi connectivity index (χ3v) is 5.47. The van der Waals surface area contributed by atoms with Crippen molar-refractivity contribution in [2.24, 2.45) is 0 Å². The summed E-state index contributed by atoms with van der Waals surface area (Å²) in [6, 6.07) is 23.0. The molecule has 1 saturated heterocycles. The highest BCUT2D eigenvalue weighted by Crippen LogP contribution is 2.21. The minimum absolute atomic E-state index is 0.771. The Labute approximate surface area is 170 Å². The average Bonchev–Trinajstić information content (AvgIpc) is 3.18. The number of hydrogen-bond acceptors (Lipinski definition) is 5. The summed E-state index contributed by atoms with van der Waals surface area (Å²) in [5.74, 6) is 1.76. The molecule has 0 amide bonds. The number of anilines is 1. The van der Waals surface area contributed by atoms with Crippen LogP contribution in [0.15, 0.2) is 66.7 Å². The maximum Gasteiger partial charge on any atom is 0.185 e. The first-order valence-electron chi connectivity index (χ1n) is 10.1. The van der Waals surface area contributed by atoms with Gasteiger partial charge in [0.1, 0.15) is 5.82 Å². The molecular weight excluding hydrogens is 360 g/mol. The van der Waals surface area contributed by atoms with Crippen LogP contribution in [0.3, 0.4) is 0 Å². The first-order valence-corrected chi connectivity index (χ1v) is 10.1. The Balaban J connectivity index is 1.34. The van der Waals surface area contributed by atoms with Crippen LogP contribution in [-0.4, -0.2) is 50.9 Å². The third-order valence-electron chi connectivity index (χ3n) is 5.47. The predicted molar refractivity (Wildman–Crippen MR) is 115 cm³/mol. The molecule has 6 nitrogen and oxygen atoms in total. The second-order valence-corrected chi connectivity index (χ2v) is 7.60. The molecule has 3 heterocycles. The molecule has 4 aromatic rings. The number of rotatable bonds is 4. The van der Waals surface area contributed by atoms with E-state index in [1.54, 1.807) is 0 Å². The minimum atomic E-state index is 0.771. The van der Waals surface area contributed by atoms with Gasteiger partial charge in [-0.05, 0) is 30.7 Å². The van der Waals surface area contributed by atoms with Gasteiger partial charge in [0.05, 0.1) is 0 Å². The van der Waals surface area contributed by atoms with Gasteiger partial charge >= 0.3 is 0 Å². The number of piperazine rings is 1. The molecule has 0 atom stereocenters. The Kier molecular flexibility index (Phi) is 4.69. The number of aromatic nitrogens is 4. The van der Waals surface area contributed by atoms with Gasteiger partial charge in [-0.1, -0.05) is 54.1 Å². The molecular formula is C23H24N6. The van der Waals surface area contributed by atoms with Crippen LogP contribution in [0.2, 0.25) is 0 Å². The summed E-state index contributed by atoms with van der Waals surface area (Å²) in [4.78, 5) is 4.85. The van der Waals surface area contributed by atoms with Crippen LogP contribution in [0, 0.1) is 6.92 Å². The topological polar surface area (TPSA) is 49.6 Å². The van der Waals surface area contributed by atoms with Crippen LogP contribution in [0.4, 0.5) is 5.82 Å². The summed E-state index contributed by atoms with van der Waals surface area (Å²) in [5.41, 5.74) is 4.38. The van der Waals surface area contributed by atoms with E-state index in [0.29, 0.717) is 0 Å². The van der Waals surface area contributed by atoms with Crippen molar-refractivity contribution in [3.63, 3.8) is 0 Å². The summed E-state index contributed by atoms with van der Waals surface area (Å²) in [6.07, 6.45) is 0. The zero-order valence-electron chi connectivity index (χ0n) is 16.6. The molecule has 0 spiro atoms. The van der Waals surface area contributed by atoms with Crippen LogP contribution in [-0.2, 0) is 6.54 Å². The van der Waals surface area contributed by atoms with E-state index >= 15 is 0 Å². The molecule has 0 saturated carbocycles. The Morgan fingerprint density at radius 2 is 1.66 bits per heavy atom. The molecule has 146 valence electrons. The van der Waals surface area contributed by atoms with E-state index in [9.17, 15) is 0 Å². The van der Waals surface area contributed by atoms with E-state index in [0.717, 1.165) is 55.6 Å². The Bertz CT molecular complexity index is 1110. The highest BCUT2D eigenvalue weighted by atomic mass is 15.4. The fourth-order valence-electron chi connectivity index (χ4n) is 3.89. The zero-order valence-corrected chi connectivity index (χ0v) is 16.6. The fraction of sp³-hybridized carbons (Fsp3) is 0.261. The van der Waals surface area contributed by atoms with Gasteiger partial charge in [-0.25, -0.2) is 0 Å². The van der Waals surface area contributed by atoms with Crippen molar-refractivity contribution in [1.82, 2.24) is 24.7 Å². The molecule has 0 unspecified atom stereocenters. The second-order valence-electron chi connectivity index (χ2n) is 7.60. The van der Waals surface area contributed by atoms with Gasteiger partial charge in [-0.15, -0.1) is 15.3 Å². The minimum Gasteiger partial charge on any atom is -0.353 e. The van der Waals surface area contributed by atoms with Gasteiger partial charge in [0.15, 0.2) is 11.5 Å². The molecule has 1 aliphatic heterocycles. The fourth-order valence-corrected chi connectivity index (χ4v) is 3.89. The van der Waals surface area contributed by atoms with E-state index in [-0.39, 0.29) is 0 Å². The standard InChI is InChI=1S/C23H24N6/c1-18-6-5-9-20(16-18)23-25-24-21-10-11-22(26-29(21)23)28-14-12-27(13-15-28)17-19-7-3-2-4-8-19/h2-11,16H,12-15,17H2,1H3. The highest BCUT2D eigenvalue weighted by Gasteiger charge is 2.19. The molecule has 5 rings (SSSR count). The zero-order chi connectivity index (χ0) is 19.6. The molecule has 2 aromatic heterocycles. The lowest BCUT2D eigenvalue weighted by atomic mass is 10.1. The van der Waals surface area contributed by atoms with Crippen molar-refractivity contribution >= 4 is 11.5 Å². The SMILES string of the molecule is Cc1cccc(-c2nnc3ccc(N4CCN(Cc5ccccc5)CC4)nn23)c1. The quantitative estimate of drug-likeness (QED) is 0.540. The number of benzene rings is 2. The molecule has 0 N–H and O–H groups in total. The van der Waals surface area contributed by atoms with Gasteiger partial charge < -0.3 is 4.90 Å². The van der Waals surface area contributed by atoms with Gasteiger partial charge in [-0.3, -0.25) is 4.90 Å². The van der Waals surface area contributed by atoms with Crippen LogP contribution in [0.1, 0.15) is 11.1 Å². The van der Waals surface area contributed by atoms with Crippen LogP contribution >= 0.6 is 0 Å². The number of aryl methyl sites for hydroxylation is 1. The molecule has 0 bridgehead atoms. The Morgan fingerprint density at radius 3 is 2.45 bits per heavy atom. The molecule has 2 aromatic carbocycles. The van der Waals surface area contributed by atoms with E-state index < -0.39 is 0 Å². The maximum atomic E-state index is 4.87. The van der Waals surface area contributed by atoms with E-state index in [2.05, 4.69) is 81.5 Å². The first kappa shape index (κ1) is 17.8. The summed E-state index contributed by atoms with van der Waals surface area (Å²) in [5, 5.41) is 13.5. The summed E-state index contributed by atoms with van der Waals surface area (Å²) in [7, 11) is 0. The first-order chi connectivity index (χ1) is 14.3. The molecule has 6 heteroatoms. The van der Waals surface area contributed by atoms with Gasteiger partial charge in [0.25, 0.3) is 0 Å². The molecule has 29 heavy (non-hydrogen) atoms. The van der Waals surface area contributed by atoms with Crippen molar-refractivity contribution in [3.05, 3.63) is 77.9 Å². The lowest BCUT2D eigenvalue weighted by molar-refractivity contribution is 0.249. The molecule has 0 radical (unpaired) electrons. The lowest BCUT2D eigenvalue weighted by Crippen LogP contribution is -2.46. The Morgan fingerprint density at radius 1 is 0.828 bits per heavy atom. The van der Waals surface area contributed by atoms with Crippen molar-refractivity contribution in [1.29, 1.82) is 0 Å². The predicted octanol–water partition coefficient (Wildman–Crippen LogP) is 3.42. The maximum absolute atomic E-state index is 4.87. The van der Waals surface area contributed by atoms with Gasteiger partial charge in [0, 0.05) is 38.3 Å². The lowest BCUT2D eigenvalue weighted by Gasteiger charge is -2.35. The van der Waals surface area contributed by atoms with Gasteiger partial charge in [-0.2, -0.15) is 4.52 Å².